The maximum absolute atomic E-state index is 12.0. The van der Waals surface area contributed by atoms with Crippen LogP contribution in [0.5, 0.6) is 0 Å². The maximum atomic E-state index is 12.0. The molecule has 1 heterocycles. The first kappa shape index (κ1) is 13.8. The Morgan fingerprint density at radius 3 is 2.47 bits per heavy atom. The van der Waals surface area contributed by atoms with E-state index in [1.807, 2.05) is 20.8 Å². The van der Waals surface area contributed by atoms with Gasteiger partial charge in [0.05, 0.1) is 5.56 Å². The predicted octanol–water partition coefficient (Wildman–Crippen LogP) is 1.95. The standard InChI is InChI=1S/C13H21NO3/c1-8(5-6-15)7-14-13(16)12-9(2)10(3)17-11(12)4/h8,15H,5-7H2,1-4H3,(H,14,16). The Labute approximate surface area is 102 Å². The number of nitrogens with one attached hydrogen (secondary N) is 1. The molecule has 4 heteroatoms. The number of aryl methyl sites for hydroxylation is 2. The number of amides is 1. The summed E-state index contributed by atoms with van der Waals surface area (Å²) in [6.45, 7) is 8.26. The topological polar surface area (TPSA) is 62.5 Å². The van der Waals surface area contributed by atoms with Crippen LogP contribution in [0.1, 0.15) is 40.8 Å². The van der Waals surface area contributed by atoms with E-state index < -0.39 is 0 Å². The van der Waals surface area contributed by atoms with Crippen LogP contribution in [-0.4, -0.2) is 24.2 Å². The van der Waals surface area contributed by atoms with Gasteiger partial charge in [-0.1, -0.05) is 6.92 Å². The van der Waals surface area contributed by atoms with E-state index in [4.69, 9.17) is 9.52 Å². The van der Waals surface area contributed by atoms with Crippen LogP contribution >= 0.6 is 0 Å². The first-order chi connectivity index (χ1) is 7.97. The summed E-state index contributed by atoms with van der Waals surface area (Å²) in [5, 5.41) is 11.7. The number of aliphatic hydroxyl groups is 1. The highest BCUT2D eigenvalue weighted by Gasteiger charge is 2.18. The van der Waals surface area contributed by atoms with Gasteiger partial charge >= 0.3 is 0 Å². The van der Waals surface area contributed by atoms with Gasteiger partial charge < -0.3 is 14.8 Å². The first-order valence-electron chi connectivity index (χ1n) is 5.93. The molecule has 2 N–H and O–H groups in total. The molecule has 0 bridgehead atoms. The fourth-order valence-electron chi connectivity index (χ4n) is 1.81. The van der Waals surface area contributed by atoms with Crippen molar-refractivity contribution in [2.24, 2.45) is 5.92 Å². The van der Waals surface area contributed by atoms with Crippen molar-refractivity contribution in [2.75, 3.05) is 13.2 Å². The van der Waals surface area contributed by atoms with Crippen LogP contribution in [0.15, 0.2) is 4.42 Å². The molecule has 0 aliphatic rings. The monoisotopic (exact) mass is 239 g/mol. The van der Waals surface area contributed by atoms with E-state index in [2.05, 4.69) is 5.32 Å². The summed E-state index contributed by atoms with van der Waals surface area (Å²) in [6.07, 6.45) is 0.697. The molecule has 1 unspecified atom stereocenters. The number of hydrogen-bond donors (Lipinski definition) is 2. The highest BCUT2D eigenvalue weighted by Crippen LogP contribution is 2.20. The molecule has 0 saturated carbocycles. The Kier molecular flexibility index (Phi) is 4.75. The molecule has 0 saturated heterocycles. The van der Waals surface area contributed by atoms with Crippen LogP contribution in [0.2, 0.25) is 0 Å². The summed E-state index contributed by atoms with van der Waals surface area (Å²) in [7, 11) is 0. The first-order valence-corrected chi connectivity index (χ1v) is 5.93. The number of carbonyl (C=O) groups excluding carboxylic acids is 1. The molecular weight excluding hydrogens is 218 g/mol. The molecule has 0 spiro atoms. The Balaban J connectivity index is 2.64. The number of furan rings is 1. The van der Waals surface area contributed by atoms with Gasteiger partial charge in [0.2, 0.25) is 0 Å². The van der Waals surface area contributed by atoms with Crippen LogP contribution in [0, 0.1) is 26.7 Å². The minimum Gasteiger partial charge on any atom is -0.466 e. The maximum Gasteiger partial charge on any atom is 0.255 e. The molecule has 0 aromatic carbocycles. The van der Waals surface area contributed by atoms with Gasteiger partial charge in [-0.3, -0.25) is 4.79 Å². The minimum atomic E-state index is -0.0957. The lowest BCUT2D eigenvalue weighted by atomic mass is 10.1. The van der Waals surface area contributed by atoms with Crippen molar-refractivity contribution >= 4 is 5.91 Å². The van der Waals surface area contributed by atoms with Crippen LogP contribution in [0.25, 0.3) is 0 Å². The summed E-state index contributed by atoms with van der Waals surface area (Å²) in [4.78, 5) is 12.0. The highest BCUT2D eigenvalue weighted by molar-refractivity contribution is 5.96. The van der Waals surface area contributed by atoms with Crippen molar-refractivity contribution in [3.8, 4) is 0 Å². The summed E-state index contributed by atoms with van der Waals surface area (Å²) < 4.78 is 5.42. The zero-order valence-corrected chi connectivity index (χ0v) is 11.0. The second-order valence-corrected chi connectivity index (χ2v) is 4.54. The third-order valence-corrected chi connectivity index (χ3v) is 3.02. The van der Waals surface area contributed by atoms with E-state index in [9.17, 15) is 4.79 Å². The number of aliphatic hydroxyl groups excluding tert-OH is 1. The lowest BCUT2D eigenvalue weighted by molar-refractivity contribution is 0.0943. The van der Waals surface area contributed by atoms with E-state index in [0.29, 0.717) is 24.3 Å². The lowest BCUT2D eigenvalue weighted by Crippen LogP contribution is -2.29. The zero-order chi connectivity index (χ0) is 13.0. The van der Waals surface area contributed by atoms with E-state index >= 15 is 0 Å². The van der Waals surface area contributed by atoms with Crippen molar-refractivity contribution in [2.45, 2.75) is 34.1 Å². The Morgan fingerprint density at radius 2 is 2.00 bits per heavy atom. The molecule has 1 aromatic rings. The van der Waals surface area contributed by atoms with Gasteiger partial charge in [-0.15, -0.1) is 0 Å². The van der Waals surface area contributed by atoms with Crippen molar-refractivity contribution in [1.82, 2.24) is 5.32 Å². The van der Waals surface area contributed by atoms with Gasteiger partial charge in [0.25, 0.3) is 5.91 Å². The molecule has 1 amide bonds. The van der Waals surface area contributed by atoms with Crippen molar-refractivity contribution in [3.63, 3.8) is 0 Å². The third-order valence-electron chi connectivity index (χ3n) is 3.02. The van der Waals surface area contributed by atoms with Gasteiger partial charge in [-0.25, -0.2) is 0 Å². The summed E-state index contributed by atoms with van der Waals surface area (Å²) >= 11 is 0. The molecular formula is C13H21NO3. The molecule has 0 aliphatic heterocycles. The normalized spacial score (nSPS) is 12.5. The smallest absolute Gasteiger partial charge is 0.255 e. The molecule has 1 atom stereocenters. The molecule has 0 aliphatic carbocycles. The van der Waals surface area contributed by atoms with Gasteiger partial charge in [-0.05, 0) is 33.1 Å². The molecule has 0 radical (unpaired) electrons. The van der Waals surface area contributed by atoms with E-state index in [0.717, 1.165) is 11.3 Å². The van der Waals surface area contributed by atoms with Crippen molar-refractivity contribution in [1.29, 1.82) is 0 Å². The zero-order valence-electron chi connectivity index (χ0n) is 11.0. The lowest BCUT2D eigenvalue weighted by Gasteiger charge is -2.11. The Hall–Kier alpha value is -1.29. The Bertz CT molecular complexity index is 396. The average Bonchev–Trinajstić information content (AvgIpc) is 2.50. The van der Waals surface area contributed by atoms with Gasteiger partial charge in [0.15, 0.2) is 0 Å². The molecule has 1 aromatic heterocycles. The molecule has 96 valence electrons. The predicted molar refractivity (Wildman–Crippen MR) is 66.1 cm³/mol. The third kappa shape index (κ3) is 3.33. The van der Waals surface area contributed by atoms with Gasteiger partial charge in [0.1, 0.15) is 11.5 Å². The van der Waals surface area contributed by atoms with Crippen LogP contribution in [0.3, 0.4) is 0 Å². The summed E-state index contributed by atoms with van der Waals surface area (Å²) in [6, 6.07) is 0. The van der Waals surface area contributed by atoms with Gasteiger partial charge in [0, 0.05) is 18.7 Å². The summed E-state index contributed by atoms with van der Waals surface area (Å²) in [5.74, 6) is 1.63. The minimum absolute atomic E-state index is 0.0957. The van der Waals surface area contributed by atoms with Gasteiger partial charge in [-0.2, -0.15) is 0 Å². The fraction of sp³-hybridized carbons (Fsp3) is 0.615. The quantitative estimate of drug-likeness (QED) is 0.825. The molecule has 17 heavy (non-hydrogen) atoms. The van der Waals surface area contributed by atoms with E-state index in [1.165, 1.54) is 0 Å². The molecule has 0 fully saturated rings. The number of hydrogen-bond acceptors (Lipinski definition) is 3. The fourth-order valence-corrected chi connectivity index (χ4v) is 1.81. The molecule has 1 rings (SSSR count). The van der Waals surface area contributed by atoms with Crippen LogP contribution in [-0.2, 0) is 0 Å². The van der Waals surface area contributed by atoms with Crippen molar-refractivity contribution in [3.05, 3.63) is 22.6 Å². The SMILES string of the molecule is Cc1oc(C)c(C(=O)NCC(C)CCO)c1C. The second kappa shape index (κ2) is 5.87. The van der Waals surface area contributed by atoms with E-state index in [1.54, 1.807) is 6.92 Å². The van der Waals surface area contributed by atoms with E-state index in [-0.39, 0.29) is 18.4 Å². The molecule has 4 nitrogen and oxygen atoms in total. The largest absolute Gasteiger partial charge is 0.466 e. The number of rotatable bonds is 5. The van der Waals surface area contributed by atoms with Crippen LogP contribution in [0.4, 0.5) is 0 Å². The van der Waals surface area contributed by atoms with Crippen LogP contribution < -0.4 is 5.32 Å². The number of carbonyl (C=O) groups is 1. The summed E-state index contributed by atoms with van der Waals surface area (Å²) in [5.41, 5.74) is 1.54. The highest BCUT2D eigenvalue weighted by atomic mass is 16.3. The van der Waals surface area contributed by atoms with Crippen molar-refractivity contribution < 1.29 is 14.3 Å². The Morgan fingerprint density at radius 1 is 1.35 bits per heavy atom. The second-order valence-electron chi connectivity index (χ2n) is 4.54. The average molecular weight is 239 g/mol.